The van der Waals surface area contributed by atoms with Crippen LogP contribution in [0.4, 0.5) is 5.69 Å². The average molecular weight is 308 g/mol. The molecule has 1 heterocycles. The minimum atomic E-state index is 0.790. The molecule has 0 saturated carbocycles. The first-order valence-electron chi connectivity index (χ1n) is 8.34. The quantitative estimate of drug-likeness (QED) is 0.808. The molecule has 0 N–H and O–H groups in total. The van der Waals surface area contributed by atoms with Crippen molar-refractivity contribution in [3.63, 3.8) is 0 Å². The Balaban J connectivity index is 1.95. The van der Waals surface area contributed by atoms with Crippen LogP contribution in [0.15, 0.2) is 42.5 Å². The van der Waals surface area contributed by atoms with Crippen LogP contribution in [0.2, 0.25) is 0 Å². The Morgan fingerprint density at radius 2 is 1.78 bits per heavy atom. The van der Waals surface area contributed by atoms with Gasteiger partial charge in [0.05, 0.1) is 0 Å². The van der Waals surface area contributed by atoms with Crippen LogP contribution < -0.4 is 4.90 Å². The summed E-state index contributed by atoms with van der Waals surface area (Å²) in [6.07, 6.45) is 1.98. The fraction of sp³-hybridized carbons (Fsp3) is 0.350. The lowest BCUT2D eigenvalue weighted by atomic mass is 9.96. The van der Waals surface area contributed by atoms with E-state index in [1.54, 1.807) is 0 Å². The van der Waals surface area contributed by atoms with Crippen molar-refractivity contribution in [3.05, 3.63) is 53.6 Å². The van der Waals surface area contributed by atoms with Gasteiger partial charge in [0.1, 0.15) is 0 Å². The molecular formula is C20H24N2O. The maximum absolute atomic E-state index is 11.6. The molecular weight excluding hydrogens is 284 g/mol. The molecule has 1 fully saturated rings. The van der Waals surface area contributed by atoms with Gasteiger partial charge >= 0.3 is 0 Å². The van der Waals surface area contributed by atoms with Gasteiger partial charge in [0.25, 0.3) is 0 Å². The van der Waals surface area contributed by atoms with Crippen LogP contribution >= 0.6 is 0 Å². The molecule has 0 bridgehead atoms. The predicted molar refractivity (Wildman–Crippen MR) is 96.4 cm³/mol. The Morgan fingerprint density at radius 3 is 2.48 bits per heavy atom. The summed E-state index contributed by atoms with van der Waals surface area (Å²) in [7, 11) is 2.14. The summed E-state index contributed by atoms with van der Waals surface area (Å²) in [5.41, 5.74) is 5.52. The topological polar surface area (TPSA) is 23.6 Å². The largest absolute Gasteiger partial charge is 0.368 e. The van der Waals surface area contributed by atoms with Crippen LogP contribution in [0.1, 0.15) is 22.8 Å². The standard InChI is InChI=1S/C20H24N2O/c1-3-16-6-4-5-7-19(16)17-8-9-20(18(14-17)15-23)22-12-10-21(2)11-13-22/h4-9,14-15H,3,10-13H2,1-2H3. The zero-order valence-corrected chi connectivity index (χ0v) is 14.0. The van der Waals surface area contributed by atoms with Crippen molar-refractivity contribution < 1.29 is 4.79 Å². The normalized spacial score (nSPS) is 15.7. The summed E-state index contributed by atoms with van der Waals surface area (Å²) in [5, 5.41) is 0. The molecule has 0 amide bonds. The number of benzene rings is 2. The number of hydrogen-bond acceptors (Lipinski definition) is 3. The summed E-state index contributed by atoms with van der Waals surface area (Å²) in [6, 6.07) is 14.7. The van der Waals surface area contributed by atoms with Gasteiger partial charge in [-0.15, -0.1) is 0 Å². The third kappa shape index (κ3) is 3.30. The lowest BCUT2D eigenvalue weighted by molar-refractivity contribution is 0.112. The molecule has 3 nitrogen and oxygen atoms in total. The number of nitrogens with zero attached hydrogens (tertiary/aromatic N) is 2. The molecule has 0 unspecified atom stereocenters. The maximum Gasteiger partial charge on any atom is 0.152 e. The van der Waals surface area contributed by atoms with Crippen LogP contribution in [0.3, 0.4) is 0 Å². The van der Waals surface area contributed by atoms with Crippen LogP contribution in [0.5, 0.6) is 0 Å². The van der Waals surface area contributed by atoms with E-state index in [2.05, 4.69) is 60.2 Å². The molecule has 3 heteroatoms. The highest BCUT2D eigenvalue weighted by atomic mass is 16.1. The first-order valence-corrected chi connectivity index (χ1v) is 8.34. The molecule has 1 saturated heterocycles. The van der Waals surface area contributed by atoms with Crippen LogP contribution in [-0.4, -0.2) is 44.4 Å². The fourth-order valence-corrected chi connectivity index (χ4v) is 3.26. The van der Waals surface area contributed by atoms with Gasteiger partial charge in [-0.05, 0) is 42.3 Å². The molecule has 3 rings (SSSR count). The first kappa shape index (κ1) is 15.8. The number of carbonyl (C=O) groups excluding carboxylic acids is 1. The van der Waals surface area contributed by atoms with Gasteiger partial charge < -0.3 is 9.80 Å². The second kappa shape index (κ2) is 6.97. The smallest absolute Gasteiger partial charge is 0.152 e. The number of aldehydes is 1. The van der Waals surface area contributed by atoms with E-state index in [0.29, 0.717) is 0 Å². The highest BCUT2D eigenvalue weighted by Gasteiger charge is 2.17. The van der Waals surface area contributed by atoms with Gasteiger partial charge in [-0.25, -0.2) is 0 Å². The molecule has 1 aliphatic heterocycles. The maximum atomic E-state index is 11.6. The number of anilines is 1. The summed E-state index contributed by atoms with van der Waals surface area (Å²) in [5.74, 6) is 0. The Morgan fingerprint density at radius 1 is 1.04 bits per heavy atom. The first-order chi connectivity index (χ1) is 11.2. The van der Waals surface area contributed by atoms with E-state index < -0.39 is 0 Å². The highest BCUT2D eigenvalue weighted by Crippen LogP contribution is 2.29. The fourth-order valence-electron chi connectivity index (χ4n) is 3.26. The molecule has 0 aromatic heterocycles. The zero-order valence-electron chi connectivity index (χ0n) is 14.0. The number of hydrogen-bond donors (Lipinski definition) is 0. The molecule has 0 atom stereocenters. The molecule has 23 heavy (non-hydrogen) atoms. The van der Waals surface area contributed by atoms with E-state index in [4.69, 9.17) is 0 Å². The van der Waals surface area contributed by atoms with Gasteiger partial charge in [-0.1, -0.05) is 37.3 Å². The summed E-state index contributed by atoms with van der Waals surface area (Å²) < 4.78 is 0. The van der Waals surface area contributed by atoms with Crippen LogP contribution in [0, 0.1) is 0 Å². The number of aryl methyl sites for hydroxylation is 1. The van der Waals surface area contributed by atoms with E-state index in [0.717, 1.165) is 55.7 Å². The van der Waals surface area contributed by atoms with Gasteiger partial charge in [-0.3, -0.25) is 4.79 Å². The van der Waals surface area contributed by atoms with Crippen molar-refractivity contribution in [3.8, 4) is 11.1 Å². The number of rotatable bonds is 4. The van der Waals surface area contributed by atoms with E-state index in [1.165, 1.54) is 11.1 Å². The third-order valence-corrected chi connectivity index (χ3v) is 4.71. The molecule has 120 valence electrons. The van der Waals surface area contributed by atoms with Gasteiger partial charge in [-0.2, -0.15) is 0 Å². The molecule has 2 aromatic rings. The van der Waals surface area contributed by atoms with E-state index in [1.807, 2.05) is 6.07 Å². The molecule has 0 aliphatic carbocycles. The minimum absolute atomic E-state index is 0.790. The highest BCUT2D eigenvalue weighted by molar-refractivity contribution is 5.88. The summed E-state index contributed by atoms with van der Waals surface area (Å²) in [6.45, 7) is 6.19. The molecule has 2 aromatic carbocycles. The lowest BCUT2D eigenvalue weighted by Gasteiger charge is -2.34. The van der Waals surface area contributed by atoms with Crippen LogP contribution in [0.25, 0.3) is 11.1 Å². The van der Waals surface area contributed by atoms with Crippen molar-refractivity contribution in [1.82, 2.24) is 4.90 Å². The molecule has 0 radical (unpaired) electrons. The Hall–Kier alpha value is -2.13. The second-order valence-electron chi connectivity index (χ2n) is 6.19. The second-order valence-corrected chi connectivity index (χ2v) is 6.19. The summed E-state index contributed by atoms with van der Waals surface area (Å²) >= 11 is 0. The van der Waals surface area contributed by atoms with E-state index >= 15 is 0 Å². The van der Waals surface area contributed by atoms with Crippen LogP contribution in [-0.2, 0) is 6.42 Å². The molecule has 1 aliphatic rings. The molecule has 0 spiro atoms. The van der Waals surface area contributed by atoms with Gasteiger partial charge in [0.15, 0.2) is 6.29 Å². The third-order valence-electron chi connectivity index (χ3n) is 4.71. The minimum Gasteiger partial charge on any atom is -0.368 e. The monoisotopic (exact) mass is 308 g/mol. The Kier molecular flexibility index (Phi) is 4.77. The van der Waals surface area contributed by atoms with Crippen molar-refractivity contribution in [1.29, 1.82) is 0 Å². The number of likely N-dealkylation sites (N-methyl/N-ethyl adjacent to an activating group) is 1. The van der Waals surface area contributed by atoms with Gasteiger partial charge in [0, 0.05) is 37.4 Å². The summed E-state index contributed by atoms with van der Waals surface area (Å²) in [4.78, 5) is 16.3. The SMILES string of the molecule is CCc1ccccc1-c1ccc(N2CCN(C)CC2)c(C=O)c1. The predicted octanol–water partition coefficient (Wildman–Crippen LogP) is 3.48. The van der Waals surface area contributed by atoms with Crippen molar-refractivity contribution in [2.75, 3.05) is 38.1 Å². The Bertz CT molecular complexity index is 688. The van der Waals surface area contributed by atoms with E-state index in [9.17, 15) is 4.79 Å². The van der Waals surface area contributed by atoms with Crippen molar-refractivity contribution in [2.45, 2.75) is 13.3 Å². The average Bonchev–Trinajstić information content (AvgIpc) is 2.62. The van der Waals surface area contributed by atoms with Crippen molar-refractivity contribution in [2.24, 2.45) is 0 Å². The van der Waals surface area contributed by atoms with E-state index in [-0.39, 0.29) is 0 Å². The van der Waals surface area contributed by atoms with Gasteiger partial charge in [0.2, 0.25) is 0 Å². The lowest BCUT2D eigenvalue weighted by Crippen LogP contribution is -2.44. The Labute approximate surface area is 138 Å². The zero-order chi connectivity index (χ0) is 16.2. The number of carbonyl (C=O) groups is 1. The number of piperazine rings is 1. The van der Waals surface area contributed by atoms with Crippen molar-refractivity contribution >= 4 is 12.0 Å².